The van der Waals surface area contributed by atoms with Crippen LogP contribution < -0.4 is 5.32 Å². The van der Waals surface area contributed by atoms with Crippen LogP contribution in [0.25, 0.3) is 0 Å². The Morgan fingerprint density at radius 2 is 2.42 bits per heavy atom. The summed E-state index contributed by atoms with van der Waals surface area (Å²) in [5.74, 6) is -0.0160. The Bertz CT molecular complexity index is 481. The van der Waals surface area contributed by atoms with Gasteiger partial charge in [0, 0.05) is 13.0 Å². The fourth-order valence-corrected chi connectivity index (χ4v) is 1.93. The first kappa shape index (κ1) is 13.5. The van der Waals surface area contributed by atoms with E-state index in [9.17, 15) is 14.9 Å². The van der Waals surface area contributed by atoms with E-state index in [0.29, 0.717) is 32.7 Å². The molecule has 8 nitrogen and oxygen atoms in total. The van der Waals surface area contributed by atoms with Gasteiger partial charge in [-0.3, -0.25) is 19.6 Å². The number of aromatic nitrogens is 2. The molecule has 1 saturated heterocycles. The van der Waals surface area contributed by atoms with Gasteiger partial charge in [0.1, 0.15) is 12.4 Å². The van der Waals surface area contributed by atoms with Gasteiger partial charge in [0.25, 0.3) is 0 Å². The van der Waals surface area contributed by atoms with E-state index < -0.39 is 4.92 Å². The molecule has 1 amide bonds. The molecule has 1 N–H and O–H groups in total. The molecule has 0 radical (unpaired) electrons. The van der Waals surface area contributed by atoms with Crippen molar-refractivity contribution in [2.75, 3.05) is 19.8 Å². The summed E-state index contributed by atoms with van der Waals surface area (Å²) in [6.07, 6.45) is 3.05. The van der Waals surface area contributed by atoms with Crippen LogP contribution >= 0.6 is 0 Å². The van der Waals surface area contributed by atoms with Gasteiger partial charge < -0.3 is 10.1 Å². The van der Waals surface area contributed by atoms with Crippen LogP contribution in [-0.4, -0.2) is 40.4 Å². The van der Waals surface area contributed by atoms with Crippen molar-refractivity contribution in [2.45, 2.75) is 19.9 Å². The fraction of sp³-hybridized carbons (Fsp3) is 0.636. The van der Waals surface area contributed by atoms with Gasteiger partial charge in [0.05, 0.1) is 30.1 Å². The summed E-state index contributed by atoms with van der Waals surface area (Å²) in [7, 11) is 0. The van der Waals surface area contributed by atoms with E-state index in [0.717, 1.165) is 0 Å². The molecule has 0 spiro atoms. The number of nitrogens with one attached hydrogen (secondary N) is 1. The maximum atomic E-state index is 11.3. The lowest BCUT2D eigenvalue weighted by molar-refractivity contribution is -0.385. The van der Waals surface area contributed by atoms with Crippen molar-refractivity contribution in [3.05, 3.63) is 22.5 Å². The molecule has 0 atom stereocenters. The smallest absolute Gasteiger partial charge is 0.306 e. The molecule has 8 heteroatoms. The second-order valence-electron chi connectivity index (χ2n) is 4.78. The molecule has 19 heavy (non-hydrogen) atoms. The molecule has 1 aromatic heterocycles. The third-order valence-corrected chi connectivity index (χ3v) is 3.13. The number of hydrogen-bond donors (Lipinski definition) is 1. The molecule has 104 valence electrons. The Kier molecular flexibility index (Phi) is 3.79. The summed E-state index contributed by atoms with van der Waals surface area (Å²) in [5, 5.41) is 17.4. The molecule has 1 aromatic rings. The maximum Gasteiger partial charge on any atom is 0.306 e. The molecular formula is C11H16N4O4. The van der Waals surface area contributed by atoms with Crippen molar-refractivity contribution in [1.29, 1.82) is 0 Å². The highest BCUT2D eigenvalue weighted by Gasteiger charge is 2.39. The van der Waals surface area contributed by atoms with Crippen LogP contribution in [0, 0.1) is 15.5 Å². The van der Waals surface area contributed by atoms with Gasteiger partial charge >= 0.3 is 5.69 Å². The van der Waals surface area contributed by atoms with Gasteiger partial charge in [-0.05, 0) is 0 Å². The first-order valence-electron chi connectivity index (χ1n) is 6.06. The predicted octanol–water partition coefficient (Wildman–Crippen LogP) is 0.334. The molecule has 0 bridgehead atoms. The third kappa shape index (κ3) is 3.08. The van der Waals surface area contributed by atoms with Crippen molar-refractivity contribution in [1.82, 2.24) is 15.1 Å². The number of ether oxygens (including phenoxy) is 1. The monoisotopic (exact) mass is 268 g/mol. The number of rotatable bonds is 6. The summed E-state index contributed by atoms with van der Waals surface area (Å²) in [4.78, 5) is 21.4. The van der Waals surface area contributed by atoms with Gasteiger partial charge in [-0.15, -0.1) is 0 Å². The van der Waals surface area contributed by atoms with Crippen molar-refractivity contribution in [3.63, 3.8) is 0 Å². The lowest BCUT2D eigenvalue weighted by Gasteiger charge is -2.41. The summed E-state index contributed by atoms with van der Waals surface area (Å²) in [6, 6.07) is 0. The zero-order valence-corrected chi connectivity index (χ0v) is 10.7. The van der Waals surface area contributed by atoms with Crippen LogP contribution in [0.1, 0.15) is 13.3 Å². The molecular weight excluding hydrogens is 252 g/mol. The number of amides is 1. The lowest BCUT2D eigenvalue weighted by Crippen LogP contribution is -2.53. The third-order valence-electron chi connectivity index (χ3n) is 3.13. The Balaban J connectivity index is 1.97. The second kappa shape index (κ2) is 5.35. The van der Waals surface area contributed by atoms with Crippen LogP contribution in [0.4, 0.5) is 5.69 Å². The van der Waals surface area contributed by atoms with Gasteiger partial charge in [0.15, 0.2) is 0 Å². The van der Waals surface area contributed by atoms with E-state index in [-0.39, 0.29) is 17.0 Å². The summed E-state index contributed by atoms with van der Waals surface area (Å²) >= 11 is 0. The van der Waals surface area contributed by atoms with Crippen molar-refractivity contribution >= 4 is 11.6 Å². The van der Waals surface area contributed by atoms with Crippen molar-refractivity contribution in [2.24, 2.45) is 5.41 Å². The molecule has 0 saturated carbocycles. The maximum absolute atomic E-state index is 11.3. The first-order valence-corrected chi connectivity index (χ1v) is 6.06. The topological polar surface area (TPSA) is 99.3 Å². The average molecular weight is 268 g/mol. The SMILES string of the molecule is CCC(=O)NCC1(Cn2cc([N+](=O)[O-])cn2)COC1. The highest BCUT2D eigenvalue weighted by atomic mass is 16.6. The first-order chi connectivity index (χ1) is 9.04. The minimum Gasteiger partial charge on any atom is -0.380 e. The number of nitrogens with zero attached hydrogens (tertiary/aromatic N) is 3. The number of hydrogen-bond acceptors (Lipinski definition) is 5. The lowest BCUT2D eigenvalue weighted by atomic mass is 9.85. The van der Waals surface area contributed by atoms with Gasteiger partial charge in [-0.25, -0.2) is 0 Å². The molecule has 2 rings (SSSR count). The Morgan fingerprint density at radius 3 is 2.89 bits per heavy atom. The number of nitro groups is 1. The molecule has 0 aromatic carbocycles. The predicted molar refractivity (Wildman–Crippen MR) is 65.4 cm³/mol. The molecule has 1 aliphatic rings. The molecule has 0 aliphatic carbocycles. The molecule has 2 heterocycles. The Hall–Kier alpha value is -1.96. The minimum atomic E-state index is -0.480. The van der Waals surface area contributed by atoms with Crippen LogP contribution in [0.3, 0.4) is 0 Å². The van der Waals surface area contributed by atoms with Crippen LogP contribution in [0.5, 0.6) is 0 Å². The zero-order valence-electron chi connectivity index (χ0n) is 10.7. The zero-order chi connectivity index (χ0) is 13.9. The van der Waals surface area contributed by atoms with Crippen molar-refractivity contribution in [3.8, 4) is 0 Å². The van der Waals surface area contributed by atoms with E-state index in [1.807, 2.05) is 0 Å². The molecule has 0 unspecified atom stereocenters. The van der Waals surface area contributed by atoms with Crippen LogP contribution in [0.2, 0.25) is 0 Å². The van der Waals surface area contributed by atoms with E-state index in [1.54, 1.807) is 6.92 Å². The molecule has 1 aliphatic heterocycles. The highest BCUT2D eigenvalue weighted by molar-refractivity contribution is 5.75. The average Bonchev–Trinajstić information content (AvgIpc) is 2.80. The van der Waals surface area contributed by atoms with E-state index in [1.165, 1.54) is 17.1 Å². The number of carbonyl (C=O) groups is 1. The second-order valence-corrected chi connectivity index (χ2v) is 4.78. The van der Waals surface area contributed by atoms with E-state index in [4.69, 9.17) is 4.74 Å². The van der Waals surface area contributed by atoms with Crippen molar-refractivity contribution < 1.29 is 14.5 Å². The highest BCUT2D eigenvalue weighted by Crippen LogP contribution is 2.29. The molecule has 1 fully saturated rings. The largest absolute Gasteiger partial charge is 0.380 e. The summed E-state index contributed by atoms with van der Waals surface area (Å²) in [6.45, 7) is 3.81. The Morgan fingerprint density at radius 1 is 1.68 bits per heavy atom. The van der Waals surface area contributed by atoms with Crippen LogP contribution in [-0.2, 0) is 16.1 Å². The summed E-state index contributed by atoms with van der Waals surface area (Å²) < 4.78 is 6.73. The van der Waals surface area contributed by atoms with Gasteiger partial charge in [0.2, 0.25) is 5.91 Å². The van der Waals surface area contributed by atoms with Gasteiger partial charge in [-0.2, -0.15) is 5.10 Å². The number of carbonyl (C=O) groups excluding carboxylic acids is 1. The van der Waals surface area contributed by atoms with E-state index >= 15 is 0 Å². The van der Waals surface area contributed by atoms with E-state index in [2.05, 4.69) is 10.4 Å². The minimum absolute atomic E-state index is 0.0160. The Labute approximate surface area is 109 Å². The normalized spacial score (nSPS) is 16.7. The fourth-order valence-electron chi connectivity index (χ4n) is 1.93. The standard InChI is InChI=1S/C11H16N4O4/c1-2-10(16)12-5-11(7-19-8-11)6-14-4-9(3-13-14)15(17)18/h3-4H,2,5-8H2,1H3,(H,12,16). The summed E-state index contributed by atoms with van der Waals surface area (Å²) in [5.41, 5.74) is -0.252. The van der Waals surface area contributed by atoms with Crippen LogP contribution in [0.15, 0.2) is 12.4 Å². The quantitative estimate of drug-likeness (QED) is 0.592. The van der Waals surface area contributed by atoms with Gasteiger partial charge in [-0.1, -0.05) is 6.92 Å².